The predicted octanol–water partition coefficient (Wildman–Crippen LogP) is 4.21. The highest BCUT2D eigenvalue weighted by Gasteiger charge is 2.19. The summed E-state index contributed by atoms with van der Waals surface area (Å²) in [6.45, 7) is 7.13. The molecule has 0 saturated carbocycles. The van der Waals surface area contributed by atoms with E-state index in [2.05, 4.69) is 63.5 Å². The molecule has 0 amide bonds. The van der Waals surface area contributed by atoms with Gasteiger partial charge in [-0.2, -0.15) is 4.37 Å². The van der Waals surface area contributed by atoms with E-state index in [1.54, 1.807) is 0 Å². The number of nitrogens with one attached hydrogen (secondary N) is 1. The van der Waals surface area contributed by atoms with Crippen LogP contribution in [0.3, 0.4) is 0 Å². The molecule has 1 N–H and O–H groups in total. The summed E-state index contributed by atoms with van der Waals surface area (Å²) in [5.74, 6) is 0.894. The Kier molecular flexibility index (Phi) is 4.02. The van der Waals surface area contributed by atoms with Crippen molar-refractivity contribution in [3.63, 3.8) is 0 Å². The Balaban J connectivity index is 1.98. The molecule has 1 aromatic carbocycles. The molecule has 2 rings (SSSR count). The summed E-state index contributed by atoms with van der Waals surface area (Å²) in [5.41, 5.74) is 1.24. The van der Waals surface area contributed by atoms with Crippen molar-refractivity contribution in [2.45, 2.75) is 32.7 Å². The van der Waals surface area contributed by atoms with Crippen molar-refractivity contribution >= 4 is 32.6 Å². The molecule has 0 fully saturated rings. The van der Waals surface area contributed by atoms with E-state index in [1.165, 1.54) is 17.1 Å². The Labute approximate surface area is 120 Å². The van der Waals surface area contributed by atoms with Gasteiger partial charge in [0.15, 0.2) is 0 Å². The van der Waals surface area contributed by atoms with Crippen molar-refractivity contribution in [3.05, 3.63) is 40.1 Å². The van der Waals surface area contributed by atoms with Crippen LogP contribution < -0.4 is 5.32 Å². The number of benzene rings is 1. The fourth-order valence-corrected chi connectivity index (χ4v) is 2.40. The minimum Gasteiger partial charge on any atom is -0.356 e. The van der Waals surface area contributed by atoms with E-state index in [0.717, 1.165) is 22.0 Å². The molecule has 0 unspecified atom stereocenters. The van der Waals surface area contributed by atoms with Gasteiger partial charge in [0.25, 0.3) is 0 Å². The first kappa shape index (κ1) is 13.5. The average Bonchev–Trinajstić information content (AvgIpc) is 2.77. The molecule has 3 nitrogen and oxygen atoms in total. The van der Waals surface area contributed by atoms with E-state index in [0.29, 0.717) is 0 Å². The second-order valence-corrected chi connectivity index (χ2v) is 6.82. The van der Waals surface area contributed by atoms with Crippen molar-refractivity contribution in [2.75, 3.05) is 5.32 Å². The van der Waals surface area contributed by atoms with Gasteiger partial charge in [-0.3, -0.25) is 0 Å². The van der Waals surface area contributed by atoms with Gasteiger partial charge in [0.2, 0.25) is 5.13 Å². The van der Waals surface area contributed by atoms with Crippen LogP contribution in [0.4, 0.5) is 5.13 Å². The lowest BCUT2D eigenvalue weighted by Gasteiger charge is -2.12. The minimum atomic E-state index is 0.00798. The van der Waals surface area contributed by atoms with Gasteiger partial charge in [0.1, 0.15) is 5.82 Å². The highest BCUT2D eigenvalue weighted by Crippen LogP contribution is 2.23. The number of rotatable bonds is 3. The maximum atomic E-state index is 4.50. The fraction of sp³-hybridized carbons (Fsp3) is 0.385. The number of hydrogen-bond donors (Lipinski definition) is 1. The molecule has 1 aromatic heterocycles. The van der Waals surface area contributed by atoms with Crippen LogP contribution in [-0.2, 0) is 12.0 Å². The number of hydrogen-bond acceptors (Lipinski definition) is 4. The molecule has 0 aliphatic heterocycles. The van der Waals surface area contributed by atoms with Gasteiger partial charge in [0.05, 0.1) is 0 Å². The normalized spacial score (nSPS) is 11.6. The molecular formula is C13H16BrN3S. The zero-order valence-electron chi connectivity index (χ0n) is 10.7. The molecule has 18 heavy (non-hydrogen) atoms. The zero-order chi connectivity index (χ0) is 13.2. The lowest BCUT2D eigenvalue weighted by atomic mass is 9.96. The van der Waals surface area contributed by atoms with Gasteiger partial charge in [-0.1, -0.05) is 48.8 Å². The minimum absolute atomic E-state index is 0.00798. The fourth-order valence-electron chi connectivity index (χ4n) is 1.38. The molecule has 1 heterocycles. The average molecular weight is 326 g/mol. The van der Waals surface area contributed by atoms with Crippen molar-refractivity contribution in [3.8, 4) is 0 Å². The maximum Gasteiger partial charge on any atom is 0.202 e. The number of anilines is 1. The number of aromatic nitrogens is 2. The highest BCUT2D eigenvalue weighted by molar-refractivity contribution is 9.10. The summed E-state index contributed by atoms with van der Waals surface area (Å²) >= 11 is 4.84. The van der Waals surface area contributed by atoms with Gasteiger partial charge < -0.3 is 5.32 Å². The Morgan fingerprint density at radius 1 is 1.22 bits per heavy atom. The molecule has 2 aromatic rings. The van der Waals surface area contributed by atoms with E-state index in [-0.39, 0.29) is 5.41 Å². The predicted molar refractivity (Wildman–Crippen MR) is 80.1 cm³/mol. The molecule has 0 atom stereocenters. The van der Waals surface area contributed by atoms with E-state index < -0.39 is 0 Å². The van der Waals surface area contributed by atoms with Crippen molar-refractivity contribution in [1.29, 1.82) is 0 Å². The molecule has 96 valence electrons. The first-order chi connectivity index (χ1) is 8.45. The highest BCUT2D eigenvalue weighted by atomic mass is 79.9. The number of nitrogens with zero attached hydrogens (tertiary/aromatic N) is 2. The summed E-state index contributed by atoms with van der Waals surface area (Å²) in [4.78, 5) is 4.50. The maximum absolute atomic E-state index is 4.50. The molecule has 5 heteroatoms. The van der Waals surface area contributed by atoms with E-state index >= 15 is 0 Å². The first-order valence-electron chi connectivity index (χ1n) is 5.77. The lowest BCUT2D eigenvalue weighted by molar-refractivity contribution is 0.555. The molecule has 0 aliphatic rings. The third-order valence-electron chi connectivity index (χ3n) is 2.45. The second kappa shape index (κ2) is 5.36. The van der Waals surface area contributed by atoms with Crippen LogP contribution in [0.15, 0.2) is 28.7 Å². The topological polar surface area (TPSA) is 37.8 Å². The quantitative estimate of drug-likeness (QED) is 0.918. The smallest absolute Gasteiger partial charge is 0.202 e. The first-order valence-corrected chi connectivity index (χ1v) is 7.34. The van der Waals surface area contributed by atoms with E-state index in [1.807, 2.05) is 12.1 Å². The molecule has 0 spiro atoms. The summed E-state index contributed by atoms with van der Waals surface area (Å²) in [5, 5.41) is 4.18. The Morgan fingerprint density at radius 2 is 1.89 bits per heavy atom. The Hall–Kier alpha value is -0.940. The summed E-state index contributed by atoms with van der Waals surface area (Å²) in [6.07, 6.45) is 0. The van der Waals surface area contributed by atoms with Gasteiger partial charge in [-0.15, -0.1) is 0 Å². The second-order valence-electron chi connectivity index (χ2n) is 5.15. The van der Waals surface area contributed by atoms with Crippen LogP contribution in [0.5, 0.6) is 0 Å². The van der Waals surface area contributed by atoms with Gasteiger partial charge in [-0.05, 0) is 17.7 Å². The largest absolute Gasteiger partial charge is 0.356 e. The molecule has 0 aliphatic carbocycles. The van der Waals surface area contributed by atoms with Crippen LogP contribution in [-0.4, -0.2) is 9.36 Å². The summed E-state index contributed by atoms with van der Waals surface area (Å²) in [6, 6.07) is 8.25. The van der Waals surface area contributed by atoms with E-state index in [4.69, 9.17) is 0 Å². The molecular weight excluding hydrogens is 310 g/mol. The van der Waals surface area contributed by atoms with Gasteiger partial charge in [-0.25, -0.2) is 4.98 Å². The third-order valence-corrected chi connectivity index (χ3v) is 3.66. The zero-order valence-corrected chi connectivity index (χ0v) is 13.1. The molecule has 0 bridgehead atoms. The van der Waals surface area contributed by atoms with E-state index in [9.17, 15) is 0 Å². The van der Waals surface area contributed by atoms with Crippen molar-refractivity contribution < 1.29 is 0 Å². The Morgan fingerprint density at radius 3 is 2.44 bits per heavy atom. The molecule has 0 saturated heterocycles. The van der Waals surface area contributed by atoms with Crippen LogP contribution in [0.1, 0.15) is 32.2 Å². The summed E-state index contributed by atoms with van der Waals surface area (Å²) < 4.78 is 5.47. The van der Waals surface area contributed by atoms with Crippen LogP contribution in [0.2, 0.25) is 0 Å². The SMILES string of the molecule is CC(C)(C)c1nsc(NCc2ccc(Br)cc2)n1. The van der Waals surface area contributed by atoms with Gasteiger partial charge >= 0.3 is 0 Å². The van der Waals surface area contributed by atoms with Crippen LogP contribution >= 0.6 is 27.5 Å². The van der Waals surface area contributed by atoms with Crippen LogP contribution in [0.25, 0.3) is 0 Å². The standard InChI is InChI=1S/C13H16BrN3S/c1-13(2,3)11-16-12(18-17-11)15-8-9-4-6-10(14)7-5-9/h4-7H,8H2,1-3H3,(H,15,16,17). The Bertz CT molecular complexity index is 514. The van der Waals surface area contributed by atoms with Crippen LogP contribution in [0, 0.1) is 0 Å². The number of halogens is 1. The van der Waals surface area contributed by atoms with Gasteiger partial charge in [0, 0.05) is 28.0 Å². The lowest BCUT2D eigenvalue weighted by Crippen LogP contribution is -2.13. The molecule has 0 radical (unpaired) electrons. The van der Waals surface area contributed by atoms with Crippen molar-refractivity contribution in [2.24, 2.45) is 0 Å². The summed E-state index contributed by atoms with van der Waals surface area (Å²) in [7, 11) is 0. The third kappa shape index (κ3) is 3.53. The monoisotopic (exact) mass is 325 g/mol. The van der Waals surface area contributed by atoms with Crippen molar-refractivity contribution in [1.82, 2.24) is 9.36 Å².